The van der Waals surface area contributed by atoms with Crippen LogP contribution in [-0.4, -0.2) is 61.7 Å². The topological polar surface area (TPSA) is 18.5 Å². The molecular formula is C12H25N3. The molecule has 2 aliphatic rings. The molecule has 15 heavy (non-hydrogen) atoms. The molecule has 2 aliphatic heterocycles. The Balaban J connectivity index is 1.83. The molecule has 2 fully saturated rings. The molecule has 2 unspecified atom stereocenters. The number of rotatable bonds is 3. The van der Waals surface area contributed by atoms with E-state index in [0.29, 0.717) is 0 Å². The molecule has 0 aromatic heterocycles. The molecular weight excluding hydrogens is 186 g/mol. The highest BCUT2D eigenvalue weighted by Crippen LogP contribution is 2.20. The van der Waals surface area contributed by atoms with Crippen LogP contribution in [0.1, 0.15) is 26.2 Å². The Morgan fingerprint density at radius 1 is 1.20 bits per heavy atom. The fourth-order valence-electron chi connectivity index (χ4n) is 2.97. The highest BCUT2D eigenvalue weighted by Gasteiger charge is 2.29. The van der Waals surface area contributed by atoms with E-state index in [4.69, 9.17) is 0 Å². The van der Waals surface area contributed by atoms with Crippen LogP contribution in [0.2, 0.25) is 0 Å². The van der Waals surface area contributed by atoms with E-state index in [9.17, 15) is 0 Å². The van der Waals surface area contributed by atoms with Crippen molar-refractivity contribution in [2.75, 3.05) is 39.8 Å². The minimum Gasteiger partial charge on any atom is -0.316 e. The molecule has 2 rings (SSSR count). The molecule has 88 valence electrons. The maximum atomic E-state index is 3.40. The summed E-state index contributed by atoms with van der Waals surface area (Å²) in [7, 11) is 2.09. The lowest BCUT2D eigenvalue weighted by Gasteiger charge is -2.37. The van der Waals surface area contributed by atoms with Crippen LogP contribution in [0.4, 0.5) is 0 Å². The molecule has 3 nitrogen and oxygen atoms in total. The molecule has 0 radical (unpaired) electrons. The normalized spacial score (nSPS) is 34.8. The predicted molar refractivity (Wildman–Crippen MR) is 64.2 cm³/mol. The number of likely N-dealkylation sites (N-methyl/N-ethyl adjacent to an activating group) is 2. The van der Waals surface area contributed by atoms with Crippen LogP contribution in [0.25, 0.3) is 0 Å². The summed E-state index contributed by atoms with van der Waals surface area (Å²) in [6, 6.07) is 1.57. The van der Waals surface area contributed by atoms with E-state index in [0.717, 1.165) is 12.1 Å². The number of hydrogen-bond acceptors (Lipinski definition) is 3. The van der Waals surface area contributed by atoms with Gasteiger partial charge in [0, 0.05) is 31.7 Å². The number of nitrogens with one attached hydrogen (secondary N) is 1. The van der Waals surface area contributed by atoms with Crippen molar-refractivity contribution in [1.29, 1.82) is 0 Å². The lowest BCUT2D eigenvalue weighted by atomic mass is 10.0. The summed E-state index contributed by atoms with van der Waals surface area (Å²) >= 11 is 0. The van der Waals surface area contributed by atoms with E-state index in [1.165, 1.54) is 52.0 Å². The van der Waals surface area contributed by atoms with Gasteiger partial charge >= 0.3 is 0 Å². The van der Waals surface area contributed by atoms with E-state index in [2.05, 4.69) is 29.1 Å². The molecule has 3 heteroatoms. The Morgan fingerprint density at radius 2 is 2.07 bits per heavy atom. The van der Waals surface area contributed by atoms with Gasteiger partial charge in [-0.05, 0) is 39.4 Å². The molecule has 0 aromatic carbocycles. The molecule has 2 atom stereocenters. The number of hydrogen-bond donors (Lipinski definition) is 1. The second kappa shape index (κ2) is 5.28. The second-order valence-corrected chi connectivity index (χ2v) is 4.96. The monoisotopic (exact) mass is 211 g/mol. The highest BCUT2D eigenvalue weighted by molar-refractivity contribution is 4.88. The zero-order valence-electron chi connectivity index (χ0n) is 10.2. The number of nitrogens with zero attached hydrogens (tertiary/aromatic N) is 2. The highest BCUT2D eigenvalue weighted by atomic mass is 15.3. The Labute approximate surface area is 93.8 Å². The first-order valence-corrected chi connectivity index (χ1v) is 6.47. The van der Waals surface area contributed by atoms with Crippen LogP contribution in [0, 0.1) is 0 Å². The van der Waals surface area contributed by atoms with Crippen LogP contribution < -0.4 is 5.32 Å². The predicted octanol–water partition coefficient (Wildman–Crippen LogP) is 0.764. The van der Waals surface area contributed by atoms with Crippen molar-refractivity contribution in [3.8, 4) is 0 Å². The van der Waals surface area contributed by atoms with Crippen molar-refractivity contribution in [3.05, 3.63) is 0 Å². The first kappa shape index (κ1) is 11.4. The quantitative estimate of drug-likeness (QED) is 0.744. The third-order valence-electron chi connectivity index (χ3n) is 4.07. The first-order chi connectivity index (χ1) is 7.33. The lowest BCUT2D eigenvalue weighted by Crippen LogP contribution is -2.47. The van der Waals surface area contributed by atoms with Crippen molar-refractivity contribution in [3.63, 3.8) is 0 Å². The van der Waals surface area contributed by atoms with E-state index in [1.807, 2.05) is 0 Å². The maximum Gasteiger partial charge on any atom is 0.0224 e. The first-order valence-electron chi connectivity index (χ1n) is 6.47. The second-order valence-electron chi connectivity index (χ2n) is 4.96. The van der Waals surface area contributed by atoms with Gasteiger partial charge in [-0.2, -0.15) is 0 Å². The van der Waals surface area contributed by atoms with E-state index in [1.54, 1.807) is 0 Å². The summed E-state index contributed by atoms with van der Waals surface area (Å²) < 4.78 is 0. The van der Waals surface area contributed by atoms with Crippen LogP contribution in [0.5, 0.6) is 0 Å². The van der Waals surface area contributed by atoms with Gasteiger partial charge in [0.15, 0.2) is 0 Å². The van der Waals surface area contributed by atoms with Crippen molar-refractivity contribution < 1.29 is 0 Å². The average molecular weight is 211 g/mol. The van der Waals surface area contributed by atoms with Crippen LogP contribution in [-0.2, 0) is 0 Å². The van der Waals surface area contributed by atoms with Crippen LogP contribution in [0.3, 0.4) is 0 Å². The summed E-state index contributed by atoms with van der Waals surface area (Å²) in [5, 5.41) is 3.40. The minimum absolute atomic E-state index is 0.738. The summed E-state index contributed by atoms with van der Waals surface area (Å²) in [6.45, 7) is 8.68. The molecule has 0 bridgehead atoms. The van der Waals surface area contributed by atoms with Gasteiger partial charge in [-0.25, -0.2) is 0 Å². The van der Waals surface area contributed by atoms with Crippen molar-refractivity contribution in [2.24, 2.45) is 0 Å². The summed E-state index contributed by atoms with van der Waals surface area (Å²) in [5.41, 5.74) is 0. The maximum absolute atomic E-state index is 3.40. The third kappa shape index (κ3) is 2.71. The van der Waals surface area contributed by atoms with Crippen LogP contribution in [0.15, 0.2) is 0 Å². The average Bonchev–Trinajstić information content (AvgIpc) is 2.78. The fraction of sp³-hybridized carbons (Fsp3) is 1.00. The molecule has 0 saturated carbocycles. The Hall–Kier alpha value is -0.120. The third-order valence-corrected chi connectivity index (χ3v) is 4.07. The molecule has 0 aromatic rings. The molecule has 2 heterocycles. The van der Waals surface area contributed by atoms with Gasteiger partial charge in [-0.15, -0.1) is 0 Å². The van der Waals surface area contributed by atoms with Crippen molar-refractivity contribution >= 4 is 0 Å². The van der Waals surface area contributed by atoms with E-state index in [-0.39, 0.29) is 0 Å². The van der Waals surface area contributed by atoms with E-state index >= 15 is 0 Å². The summed E-state index contributed by atoms with van der Waals surface area (Å²) in [6.07, 6.45) is 4.13. The van der Waals surface area contributed by atoms with Crippen molar-refractivity contribution in [1.82, 2.24) is 15.1 Å². The summed E-state index contributed by atoms with van der Waals surface area (Å²) in [5.74, 6) is 0. The number of piperidine rings is 1. The molecule has 1 N–H and O–H groups in total. The Bertz CT molecular complexity index is 195. The largest absolute Gasteiger partial charge is 0.316 e. The van der Waals surface area contributed by atoms with Crippen LogP contribution >= 0.6 is 0 Å². The standard InChI is InChI=1S/C12H25N3/c1-3-14-7-4-5-12(10-14)15-8-6-11(9-15)13-2/h11-13H,3-10H2,1-2H3. The van der Waals surface area contributed by atoms with E-state index < -0.39 is 0 Å². The molecule has 2 saturated heterocycles. The van der Waals surface area contributed by atoms with Gasteiger partial charge in [0.25, 0.3) is 0 Å². The zero-order chi connectivity index (χ0) is 10.7. The van der Waals surface area contributed by atoms with Crippen molar-refractivity contribution in [2.45, 2.75) is 38.3 Å². The van der Waals surface area contributed by atoms with Gasteiger partial charge in [0.2, 0.25) is 0 Å². The van der Waals surface area contributed by atoms with Gasteiger partial charge in [0.1, 0.15) is 0 Å². The lowest BCUT2D eigenvalue weighted by molar-refractivity contribution is 0.118. The van der Waals surface area contributed by atoms with Gasteiger partial charge in [0.05, 0.1) is 0 Å². The SMILES string of the molecule is CCN1CCCC(N2CCC(NC)C2)C1. The fourth-order valence-corrected chi connectivity index (χ4v) is 2.97. The molecule has 0 spiro atoms. The van der Waals surface area contributed by atoms with Gasteiger partial charge < -0.3 is 10.2 Å². The Morgan fingerprint density at radius 3 is 2.73 bits per heavy atom. The number of likely N-dealkylation sites (tertiary alicyclic amines) is 2. The Kier molecular flexibility index (Phi) is 4.00. The minimum atomic E-state index is 0.738. The van der Waals surface area contributed by atoms with Gasteiger partial charge in [-0.1, -0.05) is 6.92 Å². The molecule has 0 aliphatic carbocycles. The smallest absolute Gasteiger partial charge is 0.0224 e. The molecule has 0 amide bonds. The summed E-state index contributed by atoms with van der Waals surface area (Å²) in [4.78, 5) is 5.30. The zero-order valence-corrected chi connectivity index (χ0v) is 10.2. The van der Waals surface area contributed by atoms with Gasteiger partial charge in [-0.3, -0.25) is 4.90 Å².